The van der Waals surface area contributed by atoms with Gasteiger partial charge in [0.15, 0.2) is 6.10 Å². The van der Waals surface area contributed by atoms with Crippen molar-refractivity contribution in [2.75, 3.05) is 13.2 Å². The van der Waals surface area contributed by atoms with E-state index in [2.05, 4.69) is 27.7 Å². The SMILES string of the molecule is CCCCCCCCCCCCCCCCCCC(=O)OC[C@H](COC(=O)CCCCCCCCC(C)C)OC(=O)CCCCCCCCC. The molecule has 0 N–H and O–H groups in total. The third-order valence-corrected chi connectivity index (χ3v) is 9.79. The van der Waals surface area contributed by atoms with E-state index >= 15 is 0 Å². The number of hydrogen-bond acceptors (Lipinski definition) is 6. The number of rotatable bonds is 39. The standard InChI is InChI=1S/C44H84O6/c1-5-7-9-11-13-14-15-16-17-18-19-20-21-23-27-31-35-42(45)48-38-41(50-44(47)37-33-29-22-12-10-8-6-2)39-49-43(46)36-32-28-25-24-26-30-34-40(3)4/h40-41H,5-39H2,1-4H3/t41-/m1/s1. The van der Waals surface area contributed by atoms with Gasteiger partial charge in [0.2, 0.25) is 0 Å². The van der Waals surface area contributed by atoms with Gasteiger partial charge in [-0.1, -0.05) is 201 Å². The van der Waals surface area contributed by atoms with Crippen molar-refractivity contribution < 1.29 is 28.6 Å². The maximum absolute atomic E-state index is 12.6. The maximum Gasteiger partial charge on any atom is 0.306 e. The quantitative estimate of drug-likeness (QED) is 0.0359. The lowest BCUT2D eigenvalue weighted by atomic mass is 10.0. The van der Waals surface area contributed by atoms with Gasteiger partial charge in [0.1, 0.15) is 13.2 Å². The lowest BCUT2D eigenvalue weighted by Gasteiger charge is -2.18. The lowest BCUT2D eigenvalue weighted by molar-refractivity contribution is -0.167. The molecule has 0 aromatic heterocycles. The van der Waals surface area contributed by atoms with Crippen LogP contribution in [-0.4, -0.2) is 37.2 Å². The van der Waals surface area contributed by atoms with Crippen LogP contribution in [0.4, 0.5) is 0 Å². The van der Waals surface area contributed by atoms with Crippen molar-refractivity contribution in [3.8, 4) is 0 Å². The van der Waals surface area contributed by atoms with Crippen LogP contribution < -0.4 is 0 Å². The Kier molecular flexibility index (Phi) is 37.4. The summed E-state index contributed by atoms with van der Waals surface area (Å²) < 4.78 is 16.6. The smallest absolute Gasteiger partial charge is 0.306 e. The summed E-state index contributed by atoms with van der Waals surface area (Å²) in [4.78, 5) is 37.4. The summed E-state index contributed by atoms with van der Waals surface area (Å²) in [6.45, 7) is 8.88. The summed E-state index contributed by atoms with van der Waals surface area (Å²) in [5.41, 5.74) is 0. The molecule has 0 saturated heterocycles. The number of ether oxygens (including phenoxy) is 3. The minimum absolute atomic E-state index is 0.0654. The molecule has 0 aliphatic rings. The Morgan fingerprint density at radius 3 is 0.980 bits per heavy atom. The van der Waals surface area contributed by atoms with Gasteiger partial charge in [0, 0.05) is 19.3 Å². The molecule has 0 fully saturated rings. The van der Waals surface area contributed by atoms with Gasteiger partial charge in [0.25, 0.3) is 0 Å². The Balaban J connectivity index is 4.20. The minimum Gasteiger partial charge on any atom is -0.462 e. The highest BCUT2D eigenvalue weighted by Gasteiger charge is 2.19. The molecule has 0 bridgehead atoms. The number of unbranched alkanes of at least 4 members (excludes halogenated alkanes) is 26. The largest absolute Gasteiger partial charge is 0.462 e. The summed E-state index contributed by atoms with van der Waals surface area (Å²) in [6, 6.07) is 0. The summed E-state index contributed by atoms with van der Waals surface area (Å²) in [7, 11) is 0. The van der Waals surface area contributed by atoms with Crippen LogP contribution in [0.15, 0.2) is 0 Å². The van der Waals surface area contributed by atoms with Crippen LogP contribution >= 0.6 is 0 Å². The van der Waals surface area contributed by atoms with Crippen molar-refractivity contribution in [3.63, 3.8) is 0 Å². The summed E-state index contributed by atoms with van der Waals surface area (Å²) in [5, 5.41) is 0. The molecule has 0 rings (SSSR count). The molecule has 0 aliphatic heterocycles. The van der Waals surface area contributed by atoms with Crippen molar-refractivity contribution >= 4 is 17.9 Å². The van der Waals surface area contributed by atoms with Crippen LogP contribution in [0.25, 0.3) is 0 Å². The van der Waals surface area contributed by atoms with Gasteiger partial charge in [-0.15, -0.1) is 0 Å². The second kappa shape index (κ2) is 38.6. The molecular formula is C44H84O6. The lowest BCUT2D eigenvalue weighted by Crippen LogP contribution is -2.30. The zero-order chi connectivity index (χ0) is 36.8. The Labute approximate surface area is 310 Å². The van der Waals surface area contributed by atoms with E-state index < -0.39 is 6.10 Å². The number of esters is 3. The van der Waals surface area contributed by atoms with Crippen LogP contribution in [0, 0.1) is 5.92 Å². The van der Waals surface area contributed by atoms with Gasteiger partial charge in [-0.25, -0.2) is 0 Å². The third-order valence-electron chi connectivity index (χ3n) is 9.79. The van der Waals surface area contributed by atoms with E-state index in [0.29, 0.717) is 19.3 Å². The highest BCUT2D eigenvalue weighted by molar-refractivity contribution is 5.71. The maximum atomic E-state index is 12.6. The molecule has 0 spiro atoms. The van der Waals surface area contributed by atoms with Gasteiger partial charge in [0.05, 0.1) is 0 Å². The number of carbonyl (C=O) groups excluding carboxylic acids is 3. The topological polar surface area (TPSA) is 78.9 Å². The molecule has 6 heteroatoms. The molecule has 50 heavy (non-hydrogen) atoms. The molecule has 0 unspecified atom stereocenters. The first-order valence-electron chi connectivity index (χ1n) is 21.9. The second-order valence-corrected chi connectivity index (χ2v) is 15.5. The van der Waals surface area contributed by atoms with Crippen LogP contribution in [0.1, 0.15) is 240 Å². The average Bonchev–Trinajstić information content (AvgIpc) is 3.09. The van der Waals surface area contributed by atoms with Crippen molar-refractivity contribution in [2.45, 2.75) is 246 Å². The number of hydrogen-bond donors (Lipinski definition) is 0. The fraction of sp³-hybridized carbons (Fsp3) is 0.932. The molecular weight excluding hydrogens is 624 g/mol. The Hall–Kier alpha value is -1.59. The third kappa shape index (κ3) is 37.7. The fourth-order valence-corrected chi connectivity index (χ4v) is 6.45. The predicted octanol–water partition coefficient (Wildman–Crippen LogP) is 13.6. The highest BCUT2D eigenvalue weighted by Crippen LogP contribution is 2.16. The van der Waals surface area contributed by atoms with E-state index in [0.717, 1.165) is 63.7 Å². The van der Waals surface area contributed by atoms with Crippen molar-refractivity contribution in [2.24, 2.45) is 5.92 Å². The Morgan fingerprint density at radius 2 is 0.660 bits per heavy atom. The van der Waals surface area contributed by atoms with Gasteiger partial charge in [-0.2, -0.15) is 0 Å². The van der Waals surface area contributed by atoms with Crippen molar-refractivity contribution in [1.29, 1.82) is 0 Å². The molecule has 0 saturated carbocycles. The van der Waals surface area contributed by atoms with E-state index in [1.54, 1.807) is 0 Å². The van der Waals surface area contributed by atoms with Crippen molar-refractivity contribution in [3.05, 3.63) is 0 Å². The van der Waals surface area contributed by atoms with E-state index in [-0.39, 0.29) is 31.1 Å². The molecule has 6 nitrogen and oxygen atoms in total. The molecule has 1 atom stereocenters. The van der Waals surface area contributed by atoms with E-state index in [9.17, 15) is 14.4 Å². The highest BCUT2D eigenvalue weighted by atomic mass is 16.6. The van der Waals surface area contributed by atoms with Crippen LogP contribution in [0.2, 0.25) is 0 Å². The summed E-state index contributed by atoms with van der Waals surface area (Å²) >= 11 is 0. The molecule has 0 aromatic rings. The Bertz CT molecular complexity index is 751. The molecule has 0 amide bonds. The van der Waals surface area contributed by atoms with Gasteiger partial charge >= 0.3 is 17.9 Å². The monoisotopic (exact) mass is 709 g/mol. The normalized spacial score (nSPS) is 11.9. The van der Waals surface area contributed by atoms with Crippen LogP contribution in [0.3, 0.4) is 0 Å². The zero-order valence-corrected chi connectivity index (χ0v) is 33.9. The molecule has 0 aromatic carbocycles. The summed E-state index contributed by atoms with van der Waals surface area (Å²) in [5.74, 6) is -0.105. The fourth-order valence-electron chi connectivity index (χ4n) is 6.45. The molecule has 0 radical (unpaired) electrons. The van der Waals surface area contributed by atoms with Gasteiger partial charge in [-0.05, 0) is 25.2 Å². The first-order chi connectivity index (χ1) is 24.4. The van der Waals surface area contributed by atoms with Gasteiger partial charge < -0.3 is 14.2 Å². The van der Waals surface area contributed by atoms with Crippen LogP contribution in [-0.2, 0) is 28.6 Å². The van der Waals surface area contributed by atoms with Gasteiger partial charge in [-0.3, -0.25) is 14.4 Å². The Morgan fingerprint density at radius 1 is 0.380 bits per heavy atom. The molecule has 0 aliphatic carbocycles. The molecule has 0 heterocycles. The first kappa shape index (κ1) is 48.4. The van der Waals surface area contributed by atoms with Crippen LogP contribution in [0.5, 0.6) is 0 Å². The number of carbonyl (C=O) groups is 3. The molecule has 296 valence electrons. The summed E-state index contributed by atoms with van der Waals surface area (Å²) in [6.07, 6.45) is 36.8. The van der Waals surface area contributed by atoms with E-state index in [1.807, 2.05) is 0 Å². The van der Waals surface area contributed by atoms with Crippen molar-refractivity contribution in [1.82, 2.24) is 0 Å². The van der Waals surface area contributed by atoms with E-state index in [4.69, 9.17) is 14.2 Å². The first-order valence-corrected chi connectivity index (χ1v) is 21.9. The average molecular weight is 709 g/mol. The zero-order valence-electron chi connectivity index (χ0n) is 33.9. The predicted molar refractivity (Wildman–Crippen MR) is 210 cm³/mol. The second-order valence-electron chi connectivity index (χ2n) is 15.5. The van der Waals surface area contributed by atoms with E-state index in [1.165, 1.54) is 135 Å². The minimum atomic E-state index is -0.758.